The number of hydrogen-bond donors (Lipinski definition) is 2. The highest BCUT2D eigenvalue weighted by Gasteiger charge is 2.79. The predicted molar refractivity (Wildman–Crippen MR) is 134 cm³/mol. The van der Waals surface area contributed by atoms with E-state index in [2.05, 4.69) is 0 Å². The Hall–Kier alpha value is -2.10. The van der Waals surface area contributed by atoms with Crippen LogP contribution in [0.2, 0.25) is 0 Å². The van der Waals surface area contributed by atoms with E-state index in [-0.39, 0.29) is 37.8 Å². The zero-order chi connectivity index (χ0) is 28.2. The molecular weight excluding hydrogens is 519 g/mol. The zero-order valence-electron chi connectivity index (χ0n) is 22.0. The minimum atomic E-state index is -5.86. The van der Waals surface area contributed by atoms with Crippen LogP contribution >= 0.6 is 0 Å². The van der Waals surface area contributed by atoms with E-state index in [1.165, 1.54) is 6.92 Å². The number of ether oxygens (including phenoxy) is 1. The van der Waals surface area contributed by atoms with E-state index >= 15 is 8.78 Å². The number of aliphatic hydroxyl groups excluding tert-OH is 1. The van der Waals surface area contributed by atoms with E-state index in [0.29, 0.717) is 38.7 Å². The lowest BCUT2D eigenvalue weighted by Gasteiger charge is -2.56. The van der Waals surface area contributed by atoms with Crippen molar-refractivity contribution in [2.45, 2.75) is 81.9 Å². The molecule has 0 aliphatic heterocycles. The van der Waals surface area contributed by atoms with Gasteiger partial charge in [0, 0.05) is 17.8 Å². The van der Waals surface area contributed by atoms with Gasteiger partial charge < -0.3 is 14.9 Å². The first kappa shape index (κ1) is 28.4. The Morgan fingerprint density at radius 2 is 1.74 bits per heavy atom. The summed E-state index contributed by atoms with van der Waals surface area (Å²) in [5.41, 5.74) is -0.0196. The topological polar surface area (TPSA) is 66.8 Å². The Bertz CT molecular complexity index is 1170. The Balaban J connectivity index is 1.58. The second-order valence-corrected chi connectivity index (χ2v) is 11.8. The number of hydrogen-bond acceptors (Lipinski definition) is 4. The first-order chi connectivity index (χ1) is 18.3. The molecule has 5 rings (SSSR count). The largest absolute Gasteiger partial charge is 0.456 e. The van der Waals surface area contributed by atoms with Crippen molar-refractivity contribution in [2.75, 3.05) is 19.8 Å². The lowest BCUT2D eigenvalue weighted by atomic mass is 9.50. The summed E-state index contributed by atoms with van der Waals surface area (Å²) in [5, 5.41) is 20.2. The van der Waals surface area contributed by atoms with Crippen molar-refractivity contribution in [2.24, 2.45) is 17.3 Å². The molecule has 9 heteroatoms. The number of alkyl halides is 5. The van der Waals surface area contributed by atoms with Crippen LogP contribution in [0.4, 0.5) is 22.0 Å². The standard InChI is InChI=1S/C30H35F5O4/c1-27-17-24(19-4-2-18(3-5-19)11-14-39-15-13-36)26-22-9-7-21(37)16-20(22)6-8-23(26)25(27)10-12-28(27,38)29(31,32)30(33,34)35/h2-5,16,23-25,36,38H,6-15,17H2,1H3/t23-,24+,25-,27-,28-/m0/s1. The van der Waals surface area contributed by atoms with Crippen molar-refractivity contribution in [3.63, 3.8) is 0 Å². The molecule has 214 valence electrons. The molecule has 2 saturated carbocycles. The summed E-state index contributed by atoms with van der Waals surface area (Å²) >= 11 is 0. The van der Waals surface area contributed by atoms with Gasteiger partial charge in [0.15, 0.2) is 5.78 Å². The van der Waals surface area contributed by atoms with Crippen LogP contribution in [0.3, 0.4) is 0 Å². The number of halogens is 5. The Kier molecular flexibility index (Phi) is 7.34. The fraction of sp³-hybridized carbons (Fsp3) is 0.633. The van der Waals surface area contributed by atoms with E-state index < -0.39 is 41.4 Å². The normalized spacial score (nSPS) is 33.0. The van der Waals surface area contributed by atoms with Crippen LogP contribution in [0.1, 0.15) is 68.9 Å². The van der Waals surface area contributed by atoms with Crippen LogP contribution in [0.5, 0.6) is 0 Å². The second-order valence-electron chi connectivity index (χ2n) is 11.8. The molecule has 0 amide bonds. The number of carbonyl (C=O) groups is 1. The van der Waals surface area contributed by atoms with Crippen molar-refractivity contribution >= 4 is 5.78 Å². The van der Waals surface area contributed by atoms with Gasteiger partial charge in [-0.25, -0.2) is 0 Å². The van der Waals surface area contributed by atoms with E-state index in [1.807, 2.05) is 24.3 Å². The summed E-state index contributed by atoms with van der Waals surface area (Å²) in [7, 11) is 0. The zero-order valence-corrected chi connectivity index (χ0v) is 22.0. The van der Waals surface area contributed by atoms with Crippen molar-refractivity contribution in [1.82, 2.24) is 0 Å². The number of ketones is 1. The van der Waals surface area contributed by atoms with Gasteiger partial charge in [0.1, 0.15) is 5.60 Å². The summed E-state index contributed by atoms with van der Waals surface area (Å²) in [6.45, 7) is 2.02. The predicted octanol–water partition coefficient (Wildman–Crippen LogP) is 6.07. The van der Waals surface area contributed by atoms with Crippen molar-refractivity contribution < 1.29 is 41.7 Å². The second kappa shape index (κ2) is 10.1. The summed E-state index contributed by atoms with van der Waals surface area (Å²) in [6.07, 6.45) is -2.10. The van der Waals surface area contributed by atoms with Gasteiger partial charge in [-0.2, -0.15) is 22.0 Å². The lowest BCUT2D eigenvalue weighted by Crippen LogP contribution is -2.65. The average Bonchev–Trinajstić information content (AvgIpc) is 3.17. The van der Waals surface area contributed by atoms with Crippen molar-refractivity contribution in [3.8, 4) is 0 Å². The Labute approximate surface area is 224 Å². The van der Waals surface area contributed by atoms with Crippen LogP contribution in [-0.2, 0) is 16.0 Å². The molecule has 0 spiro atoms. The van der Waals surface area contributed by atoms with Gasteiger partial charge in [-0.3, -0.25) is 4.79 Å². The number of allylic oxidation sites excluding steroid dienone is 4. The molecule has 0 aromatic heterocycles. The third-order valence-electron chi connectivity index (χ3n) is 9.91. The minimum Gasteiger partial charge on any atom is -0.394 e. The molecule has 0 unspecified atom stereocenters. The van der Waals surface area contributed by atoms with Crippen molar-refractivity contribution in [1.29, 1.82) is 0 Å². The van der Waals surface area contributed by atoms with E-state index in [0.717, 1.165) is 27.8 Å². The molecule has 2 fully saturated rings. The first-order valence-corrected chi connectivity index (χ1v) is 13.7. The molecule has 1 aromatic rings. The molecule has 1 aromatic carbocycles. The summed E-state index contributed by atoms with van der Waals surface area (Å²) in [5.74, 6) is -6.39. The van der Waals surface area contributed by atoms with Gasteiger partial charge in [-0.15, -0.1) is 0 Å². The van der Waals surface area contributed by atoms with Crippen LogP contribution in [0.15, 0.2) is 47.1 Å². The van der Waals surface area contributed by atoms with Gasteiger partial charge in [-0.05, 0) is 85.1 Å². The molecule has 39 heavy (non-hydrogen) atoms. The SMILES string of the molecule is C[C@]12C[C@H](c3ccc(CCOCCO)cc3)C3=C4CCC(=O)C=C4CC[C@H]3[C@@H]1CC[C@@]2(O)C(F)(F)C(F)(F)F. The van der Waals surface area contributed by atoms with Crippen LogP contribution in [-0.4, -0.2) is 53.5 Å². The van der Waals surface area contributed by atoms with Crippen LogP contribution in [0, 0.1) is 17.3 Å². The highest BCUT2D eigenvalue weighted by Crippen LogP contribution is 2.70. The number of fused-ring (bicyclic) bond motifs is 4. The molecule has 0 radical (unpaired) electrons. The minimum absolute atomic E-state index is 0.0324. The third kappa shape index (κ3) is 4.49. The third-order valence-corrected chi connectivity index (χ3v) is 9.91. The van der Waals surface area contributed by atoms with Gasteiger partial charge in [0.2, 0.25) is 0 Å². The number of rotatable bonds is 7. The fourth-order valence-electron chi connectivity index (χ4n) is 7.99. The number of aliphatic hydroxyl groups is 2. The maximum absolute atomic E-state index is 15.1. The average molecular weight is 555 g/mol. The van der Waals surface area contributed by atoms with Gasteiger partial charge in [0.25, 0.3) is 0 Å². The lowest BCUT2D eigenvalue weighted by molar-refractivity contribution is -0.362. The van der Waals surface area contributed by atoms with E-state index in [1.54, 1.807) is 6.08 Å². The quantitative estimate of drug-likeness (QED) is 0.317. The van der Waals surface area contributed by atoms with Crippen LogP contribution in [0.25, 0.3) is 0 Å². The molecule has 2 N–H and O–H groups in total. The summed E-state index contributed by atoms with van der Waals surface area (Å²) < 4.78 is 76.5. The van der Waals surface area contributed by atoms with Crippen LogP contribution < -0.4 is 0 Å². The molecule has 4 aliphatic rings. The van der Waals surface area contributed by atoms with Gasteiger partial charge in [-0.1, -0.05) is 36.8 Å². The molecule has 4 nitrogen and oxygen atoms in total. The van der Waals surface area contributed by atoms with E-state index in [4.69, 9.17) is 9.84 Å². The maximum atomic E-state index is 15.1. The molecular formula is C30H35F5O4. The fourth-order valence-corrected chi connectivity index (χ4v) is 7.99. The Morgan fingerprint density at radius 3 is 2.41 bits per heavy atom. The molecule has 0 bridgehead atoms. The first-order valence-electron chi connectivity index (χ1n) is 13.7. The smallest absolute Gasteiger partial charge is 0.394 e. The highest BCUT2D eigenvalue weighted by atomic mass is 19.4. The summed E-state index contributed by atoms with van der Waals surface area (Å²) in [6, 6.07) is 7.59. The maximum Gasteiger partial charge on any atom is 0.456 e. The molecule has 4 aliphatic carbocycles. The number of carbonyl (C=O) groups excluding carboxylic acids is 1. The molecule has 0 saturated heterocycles. The molecule has 0 heterocycles. The Morgan fingerprint density at radius 1 is 1.03 bits per heavy atom. The monoisotopic (exact) mass is 554 g/mol. The van der Waals surface area contributed by atoms with Crippen molar-refractivity contribution in [3.05, 3.63) is 58.2 Å². The van der Waals surface area contributed by atoms with E-state index in [9.17, 15) is 23.1 Å². The number of benzene rings is 1. The molecule has 5 atom stereocenters. The summed E-state index contributed by atoms with van der Waals surface area (Å²) in [4.78, 5) is 12.2. The van der Waals surface area contributed by atoms with Gasteiger partial charge >= 0.3 is 12.1 Å². The van der Waals surface area contributed by atoms with Gasteiger partial charge in [0.05, 0.1) is 19.8 Å². The highest BCUT2D eigenvalue weighted by molar-refractivity contribution is 5.93.